The maximum Gasteiger partial charge on any atom is 0.119 e. The summed E-state index contributed by atoms with van der Waals surface area (Å²) in [6.45, 7) is 1.37. The average Bonchev–Trinajstić information content (AvgIpc) is 2.27. The van der Waals surface area contributed by atoms with Gasteiger partial charge in [-0.05, 0) is 17.7 Å². The van der Waals surface area contributed by atoms with Crippen molar-refractivity contribution in [3.63, 3.8) is 0 Å². The van der Waals surface area contributed by atoms with Gasteiger partial charge in [0.15, 0.2) is 0 Å². The molecule has 0 spiro atoms. The van der Waals surface area contributed by atoms with Gasteiger partial charge >= 0.3 is 0 Å². The summed E-state index contributed by atoms with van der Waals surface area (Å²) < 4.78 is 5.45. The summed E-state index contributed by atoms with van der Waals surface area (Å²) in [6.07, 6.45) is 1.84. The minimum atomic E-state index is 0.625. The molecule has 0 bridgehead atoms. The number of hydrogen-bond acceptors (Lipinski definition) is 4. The maximum absolute atomic E-state index is 5.45. The molecule has 4 heteroatoms. The molecule has 82 valence electrons. The normalized spacial score (nSPS) is 10.8. The number of hydrogen-bond donors (Lipinski definition) is 2. The van der Waals surface area contributed by atoms with E-state index in [2.05, 4.69) is 30.2 Å². The molecule has 0 aliphatic heterocycles. The molecule has 1 aromatic carbocycles. The van der Waals surface area contributed by atoms with Gasteiger partial charge in [-0.3, -0.25) is 4.99 Å². The first-order valence-electron chi connectivity index (χ1n) is 4.81. The smallest absolute Gasteiger partial charge is 0.119 e. The summed E-state index contributed by atoms with van der Waals surface area (Å²) in [6, 6.07) is 7.84. The van der Waals surface area contributed by atoms with Gasteiger partial charge in [0.25, 0.3) is 0 Å². The number of benzene rings is 1. The Bertz CT molecular complexity index is 315. The lowest BCUT2D eigenvalue weighted by molar-refractivity contribution is 0.344. The molecule has 0 amide bonds. The zero-order valence-corrected chi connectivity index (χ0v) is 10.3. The van der Waals surface area contributed by atoms with Crippen molar-refractivity contribution in [1.29, 1.82) is 0 Å². The Balaban J connectivity index is 2.57. The number of aliphatic imine (C=N–C) groups is 1. The summed E-state index contributed by atoms with van der Waals surface area (Å²) in [4.78, 5) is 4.21. The fraction of sp³-hybridized carbons (Fsp3) is 0.364. The van der Waals surface area contributed by atoms with Crippen LogP contribution in [0.5, 0.6) is 5.75 Å². The molecule has 0 aliphatic rings. The molecule has 0 aliphatic carbocycles. The highest BCUT2D eigenvalue weighted by Gasteiger charge is 1.93. The molecule has 15 heavy (non-hydrogen) atoms. The van der Waals surface area contributed by atoms with Gasteiger partial charge < -0.3 is 4.74 Å². The molecule has 0 radical (unpaired) electrons. The quantitative estimate of drug-likeness (QED) is 0.579. The molecule has 0 aromatic heterocycles. The Kier molecular flexibility index (Phi) is 6.36. The van der Waals surface area contributed by atoms with Gasteiger partial charge in [0.2, 0.25) is 0 Å². The van der Waals surface area contributed by atoms with Gasteiger partial charge in [-0.1, -0.05) is 12.1 Å². The fourth-order valence-electron chi connectivity index (χ4n) is 1.08. The molecule has 0 saturated carbocycles. The molecule has 0 heterocycles. The minimum absolute atomic E-state index is 0.625. The van der Waals surface area contributed by atoms with Gasteiger partial charge in [-0.2, -0.15) is 25.3 Å². The van der Waals surface area contributed by atoms with Crippen molar-refractivity contribution >= 4 is 31.5 Å². The van der Waals surface area contributed by atoms with Crippen LogP contribution in [0.25, 0.3) is 0 Å². The van der Waals surface area contributed by atoms with E-state index in [1.54, 1.807) is 0 Å². The second kappa shape index (κ2) is 7.65. The summed E-state index contributed by atoms with van der Waals surface area (Å²) in [5.41, 5.74) is 1.05. The Morgan fingerprint density at radius 3 is 2.87 bits per heavy atom. The first-order chi connectivity index (χ1) is 7.36. The largest absolute Gasteiger partial charge is 0.493 e. The van der Waals surface area contributed by atoms with Gasteiger partial charge in [0.1, 0.15) is 5.75 Å². The van der Waals surface area contributed by atoms with E-state index >= 15 is 0 Å². The monoisotopic (exact) mass is 241 g/mol. The van der Waals surface area contributed by atoms with Crippen molar-refractivity contribution < 1.29 is 4.74 Å². The van der Waals surface area contributed by atoms with Crippen molar-refractivity contribution in [3.05, 3.63) is 29.8 Å². The van der Waals surface area contributed by atoms with Crippen LogP contribution in [0.3, 0.4) is 0 Å². The highest BCUT2D eigenvalue weighted by molar-refractivity contribution is 7.80. The fourth-order valence-corrected chi connectivity index (χ4v) is 1.28. The van der Waals surface area contributed by atoms with Crippen molar-refractivity contribution in [2.24, 2.45) is 4.99 Å². The van der Waals surface area contributed by atoms with E-state index in [1.165, 1.54) is 0 Å². The number of nitrogens with zero attached hydrogens (tertiary/aromatic N) is 1. The van der Waals surface area contributed by atoms with E-state index in [0.717, 1.165) is 29.4 Å². The molecular formula is C11H15NOS2. The Morgan fingerprint density at radius 1 is 1.27 bits per heavy atom. The van der Waals surface area contributed by atoms with E-state index < -0.39 is 0 Å². The molecule has 1 rings (SSSR count). The molecule has 1 aromatic rings. The van der Waals surface area contributed by atoms with Crippen molar-refractivity contribution in [3.8, 4) is 5.75 Å². The van der Waals surface area contributed by atoms with E-state index in [9.17, 15) is 0 Å². The van der Waals surface area contributed by atoms with E-state index in [4.69, 9.17) is 4.74 Å². The molecule has 0 N–H and O–H groups in total. The lowest BCUT2D eigenvalue weighted by Gasteiger charge is -2.04. The van der Waals surface area contributed by atoms with Gasteiger partial charge in [0, 0.05) is 24.3 Å². The van der Waals surface area contributed by atoms with E-state index in [-0.39, 0.29) is 0 Å². The van der Waals surface area contributed by atoms with Crippen LogP contribution in [0.15, 0.2) is 29.3 Å². The topological polar surface area (TPSA) is 21.6 Å². The van der Waals surface area contributed by atoms with Crippen LogP contribution in [-0.4, -0.2) is 30.9 Å². The van der Waals surface area contributed by atoms with Crippen molar-refractivity contribution in [2.45, 2.75) is 0 Å². The van der Waals surface area contributed by atoms with Crippen LogP contribution in [0.1, 0.15) is 5.56 Å². The predicted octanol–water partition coefficient (Wildman–Crippen LogP) is 2.34. The Hall–Kier alpha value is -0.610. The predicted molar refractivity (Wildman–Crippen MR) is 72.1 cm³/mol. The Labute approximate surface area is 102 Å². The number of rotatable bonds is 6. The third-order valence-electron chi connectivity index (χ3n) is 1.69. The minimum Gasteiger partial charge on any atom is -0.493 e. The standard InChI is InChI=1S/C11H15NOS2/c14-6-4-12-9-10-2-1-3-11(8-10)13-5-7-15/h1-3,8-9,14-15H,4-7H2/b12-9+. The SMILES string of the molecule is SCC/N=C/c1cccc(OCCS)c1. The molecule has 0 unspecified atom stereocenters. The van der Waals surface area contributed by atoms with Crippen molar-refractivity contribution in [1.82, 2.24) is 0 Å². The molecular weight excluding hydrogens is 226 g/mol. The number of ether oxygens (including phenoxy) is 1. The molecule has 0 atom stereocenters. The molecule has 2 nitrogen and oxygen atoms in total. The highest BCUT2D eigenvalue weighted by atomic mass is 32.1. The van der Waals surface area contributed by atoms with Crippen LogP contribution in [0.2, 0.25) is 0 Å². The van der Waals surface area contributed by atoms with Gasteiger partial charge in [-0.25, -0.2) is 0 Å². The third-order valence-corrected chi connectivity index (χ3v) is 2.07. The maximum atomic E-state index is 5.45. The zero-order valence-electron chi connectivity index (χ0n) is 8.47. The average molecular weight is 241 g/mol. The van der Waals surface area contributed by atoms with Gasteiger partial charge in [0.05, 0.1) is 6.61 Å². The van der Waals surface area contributed by atoms with Crippen LogP contribution in [0, 0.1) is 0 Å². The highest BCUT2D eigenvalue weighted by Crippen LogP contribution is 2.11. The second-order valence-electron chi connectivity index (χ2n) is 2.90. The summed E-state index contributed by atoms with van der Waals surface area (Å²) >= 11 is 8.17. The van der Waals surface area contributed by atoms with Gasteiger partial charge in [-0.15, -0.1) is 0 Å². The first-order valence-corrected chi connectivity index (χ1v) is 6.07. The van der Waals surface area contributed by atoms with Crippen LogP contribution >= 0.6 is 25.3 Å². The van der Waals surface area contributed by atoms with Crippen LogP contribution in [-0.2, 0) is 0 Å². The summed E-state index contributed by atoms with van der Waals surface area (Å²) in [5, 5.41) is 0. The van der Waals surface area contributed by atoms with Crippen LogP contribution in [0.4, 0.5) is 0 Å². The number of thiol groups is 2. The van der Waals surface area contributed by atoms with E-state index in [1.807, 2.05) is 30.5 Å². The Morgan fingerprint density at radius 2 is 2.13 bits per heavy atom. The summed E-state index contributed by atoms with van der Waals surface area (Å²) in [7, 11) is 0. The van der Waals surface area contributed by atoms with Crippen molar-refractivity contribution in [2.75, 3.05) is 24.7 Å². The lowest BCUT2D eigenvalue weighted by Crippen LogP contribution is -1.98. The first kappa shape index (κ1) is 12.5. The second-order valence-corrected chi connectivity index (χ2v) is 3.80. The van der Waals surface area contributed by atoms with Crippen LogP contribution < -0.4 is 4.74 Å². The molecule has 0 saturated heterocycles. The molecule has 0 fully saturated rings. The lowest BCUT2D eigenvalue weighted by atomic mass is 10.2. The summed E-state index contributed by atoms with van der Waals surface area (Å²) in [5.74, 6) is 2.35. The zero-order chi connectivity index (χ0) is 10.9. The van der Waals surface area contributed by atoms with E-state index in [0.29, 0.717) is 6.61 Å². The third kappa shape index (κ3) is 5.14.